The van der Waals surface area contributed by atoms with Gasteiger partial charge in [-0.15, -0.1) is 23.7 Å². The number of alkyl halides is 3. The van der Waals surface area contributed by atoms with Gasteiger partial charge in [-0.25, -0.2) is 4.98 Å². The van der Waals surface area contributed by atoms with Crippen molar-refractivity contribution in [2.75, 3.05) is 0 Å². The lowest BCUT2D eigenvalue weighted by atomic mass is 9.98. The zero-order chi connectivity index (χ0) is 14.1. The summed E-state index contributed by atoms with van der Waals surface area (Å²) in [6, 6.07) is 0. The van der Waals surface area contributed by atoms with Gasteiger partial charge in [0.25, 0.3) is 0 Å². The number of amides is 1. The highest BCUT2D eigenvalue weighted by Gasteiger charge is 2.37. The van der Waals surface area contributed by atoms with Crippen molar-refractivity contribution in [2.45, 2.75) is 43.9 Å². The van der Waals surface area contributed by atoms with E-state index in [2.05, 4.69) is 10.3 Å². The maximum Gasteiger partial charge on any atom is 0.434 e. The monoisotopic (exact) mass is 329 g/mol. The Morgan fingerprint density at radius 2 is 2.05 bits per heavy atom. The first-order valence-corrected chi connectivity index (χ1v) is 6.78. The van der Waals surface area contributed by atoms with Crippen molar-refractivity contribution in [3.8, 4) is 0 Å². The van der Waals surface area contributed by atoms with Crippen molar-refractivity contribution in [3.05, 3.63) is 16.1 Å². The summed E-state index contributed by atoms with van der Waals surface area (Å²) in [6.45, 7) is -0.0153. The van der Waals surface area contributed by atoms with Crippen molar-refractivity contribution in [1.29, 1.82) is 0 Å². The maximum atomic E-state index is 12.3. The highest BCUT2D eigenvalue weighted by atomic mass is 35.5. The molecular weight excluding hydrogens is 315 g/mol. The van der Waals surface area contributed by atoms with E-state index in [9.17, 15) is 18.0 Å². The number of hydrogen-bond acceptors (Lipinski definition) is 4. The van der Waals surface area contributed by atoms with Gasteiger partial charge in [0, 0.05) is 5.38 Å². The molecule has 1 aromatic rings. The maximum absolute atomic E-state index is 12.3. The molecule has 0 unspecified atom stereocenters. The van der Waals surface area contributed by atoms with Crippen LogP contribution >= 0.6 is 23.7 Å². The molecule has 20 heavy (non-hydrogen) atoms. The Morgan fingerprint density at radius 1 is 1.45 bits per heavy atom. The molecule has 1 aliphatic carbocycles. The largest absolute Gasteiger partial charge is 0.434 e. The van der Waals surface area contributed by atoms with Crippen molar-refractivity contribution in [2.24, 2.45) is 5.73 Å². The number of aromatic nitrogens is 1. The summed E-state index contributed by atoms with van der Waals surface area (Å²) in [5.41, 5.74) is 4.14. The van der Waals surface area contributed by atoms with E-state index in [1.807, 2.05) is 0 Å². The molecule has 1 fully saturated rings. The Morgan fingerprint density at radius 3 is 2.55 bits per heavy atom. The summed E-state index contributed by atoms with van der Waals surface area (Å²) < 4.78 is 37.0. The van der Waals surface area contributed by atoms with Crippen molar-refractivity contribution < 1.29 is 18.0 Å². The lowest BCUT2D eigenvalue weighted by Crippen LogP contribution is -2.51. The van der Waals surface area contributed by atoms with E-state index in [0.717, 1.165) is 29.6 Å². The zero-order valence-corrected chi connectivity index (χ0v) is 12.1. The lowest BCUT2D eigenvalue weighted by molar-refractivity contribution is -0.140. The van der Waals surface area contributed by atoms with Gasteiger partial charge in [-0.3, -0.25) is 4.79 Å². The smallest absolute Gasteiger partial charge is 0.348 e. The van der Waals surface area contributed by atoms with Gasteiger partial charge in [0.1, 0.15) is 5.01 Å². The van der Waals surface area contributed by atoms with Crippen LogP contribution in [0, 0.1) is 0 Å². The van der Waals surface area contributed by atoms with Gasteiger partial charge < -0.3 is 11.1 Å². The molecular formula is C11H15ClF3N3OS. The second-order valence-corrected chi connectivity index (χ2v) is 5.61. The molecule has 0 aromatic carbocycles. The molecule has 0 aliphatic heterocycles. The Kier molecular flexibility index (Phi) is 5.39. The van der Waals surface area contributed by atoms with E-state index in [1.54, 1.807) is 0 Å². The summed E-state index contributed by atoms with van der Waals surface area (Å²) in [5, 5.41) is 3.73. The van der Waals surface area contributed by atoms with Crippen molar-refractivity contribution in [1.82, 2.24) is 10.3 Å². The number of nitrogens with zero attached hydrogens (tertiary/aromatic N) is 1. The number of nitrogens with two attached hydrogens (primary N) is 1. The lowest BCUT2D eigenvalue weighted by Gasteiger charge is -2.21. The molecule has 9 heteroatoms. The molecule has 0 atom stereocenters. The number of hydrogen-bond donors (Lipinski definition) is 2. The predicted molar refractivity (Wildman–Crippen MR) is 71.6 cm³/mol. The molecule has 0 radical (unpaired) electrons. The molecule has 1 aliphatic rings. The molecule has 0 saturated heterocycles. The van der Waals surface area contributed by atoms with Crippen LogP contribution in [0.15, 0.2) is 5.38 Å². The number of halogens is 4. The Labute approximate surface area is 124 Å². The fourth-order valence-electron chi connectivity index (χ4n) is 2.09. The molecule has 1 amide bonds. The Balaban J connectivity index is 0.00000200. The van der Waals surface area contributed by atoms with E-state index >= 15 is 0 Å². The first kappa shape index (κ1) is 17.2. The quantitative estimate of drug-likeness (QED) is 0.895. The second kappa shape index (κ2) is 6.28. The molecule has 114 valence electrons. The number of thiazole rings is 1. The summed E-state index contributed by atoms with van der Waals surface area (Å²) >= 11 is 0.873. The molecule has 1 heterocycles. The summed E-state index contributed by atoms with van der Waals surface area (Å²) in [5.74, 6) is -0.311. The van der Waals surface area contributed by atoms with Gasteiger partial charge >= 0.3 is 6.18 Å². The van der Waals surface area contributed by atoms with Gasteiger partial charge in [-0.05, 0) is 12.8 Å². The van der Waals surface area contributed by atoms with Crippen LogP contribution in [0.5, 0.6) is 0 Å². The first-order chi connectivity index (χ1) is 8.81. The van der Waals surface area contributed by atoms with Gasteiger partial charge in [0.05, 0.1) is 12.1 Å². The standard InChI is InChI=1S/C11H14F3N3OS.ClH/c12-11(13,14)7-6-19-8(17-7)5-16-9(18)10(15)3-1-2-4-10;/h6H,1-5,15H2,(H,16,18);1H. The fourth-order valence-corrected chi connectivity index (χ4v) is 2.83. The average Bonchev–Trinajstić information content (AvgIpc) is 2.94. The van der Waals surface area contributed by atoms with E-state index in [0.29, 0.717) is 12.8 Å². The second-order valence-electron chi connectivity index (χ2n) is 4.67. The van der Waals surface area contributed by atoms with Gasteiger partial charge in [0.2, 0.25) is 5.91 Å². The van der Waals surface area contributed by atoms with E-state index in [-0.39, 0.29) is 29.9 Å². The van der Waals surface area contributed by atoms with Crippen LogP contribution in [-0.4, -0.2) is 16.4 Å². The molecule has 0 bridgehead atoms. The molecule has 3 N–H and O–H groups in total. The first-order valence-electron chi connectivity index (χ1n) is 5.90. The van der Waals surface area contributed by atoms with Crippen molar-refractivity contribution in [3.63, 3.8) is 0 Å². The molecule has 0 spiro atoms. The van der Waals surface area contributed by atoms with E-state index in [4.69, 9.17) is 5.73 Å². The van der Waals surface area contributed by atoms with Crippen LogP contribution in [-0.2, 0) is 17.5 Å². The fraction of sp³-hybridized carbons (Fsp3) is 0.636. The number of carbonyl (C=O) groups is 1. The minimum absolute atomic E-state index is 0. The third-order valence-electron chi connectivity index (χ3n) is 3.19. The van der Waals surface area contributed by atoms with Gasteiger partial charge in [-0.1, -0.05) is 12.8 Å². The van der Waals surface area contributed by atoms with E-state index < -0.39 is 17.4 Å². The number of nitrogens with one attached hydrogen (secondary N) is 1. The van der Waals surface area contributed by atoms with Crippen LogP contribution in [0.25, 0.3) is 0 Å². The summed E-state index contributed by atoms with van der Waals surface area (Å²) in [4.78, 5) is 15.3. The number of rotatable bonds is 3. The highest BCUT2D eigenvalue weighted by molar-refractivity contribution is 7.09. The Hall–Kier alpha value is -0.860. The minimum atomic E-state index is -4.45. The summed E-state index contributed by atoms with van der Waals surface area (Å²) in [6.07, 6.45) is -1.41. The topological polar surface area (TPSA) is 68.0 Å². The van der Waals surface area contributed by atoms with Crippen LogP contribution in [0.2, 0.25) is 0 Å². The third kappa shape index (κ3) is 3.83. The van der Waals surface area contributed by atoms with Crippen LogP contribution in [0.3, 0.4) is 0 Å². The van der Waals surface area contributed by atoms with Crippen LogP contribution in [0.4, 0.5) is 13.2 Å². The zero-order valence-electron chi connectivity index (χ0n) is 10.5. The highest BCUT2D eigenvalue weighted by Crippen LogP contribution is 2.30. The van der Waals surface area contributed by atoms with Gasteiger partial charge in [-0.2, -0.15) is 13.2 Å². The van der Waals surface area contributed by atoms with Crippen molar-refractivity contribution >= 4 is 29.7 Å². The molecule has 1 saturated carbocycles. The van der Waals surface area contributed by atoms with Gasteiger partial charge in [0.15, 0.2) is 5.69 Å². The molecule has 4 nitrogen and oxygen atoms in total. The van der Waals surface area contributed by atoms with Crippen LogP contribution in [0.1, 0.15) is 36.4 Å². The Bertz CT molecular complexity index is 472. The van der Waals surface area contributed by atoms with E-state index in [1.165, 1.54) is 0 Å². The summed E-state index contributed by atoms with van der Waals surface area (Å²) in [7, 11) is 0. The van der Waals surface area contributed by atoms with Crippen LogP contribution < -0.4 is 11.1 Å². The minimum Gasteiger partial charge on any atom is -0.348 e. The molecule has 1 aromatic heterocycles. The normalized spacial score (nSPS) is 17.6. The average molecular weight is 330 g/mol. The predicted octanol–water partition coefficient (Wildman–Crippen LogP) is 2.47. The number of carbonyl (C=O) groups excluding carboxylic acids is 1. The third-order valence-corrected chi connectivity index (χ3v) is 4.04. The molecule has 2 rings (SSSR count). The SMILES string of the molecule is Cl.NC1(C(=O)NCc2nc(C(F)(F)F)cs2)CCCC1.